The van der Waals surface area contributed by atoms with E-state index in [1.54, 1.807) is 0 Å². The smallest absolute Gasteiger partial charge is 0.196 e. The second kappa shape index (κ2) is 6.73. The topological polar surface area (TPSA) is 74.6 Å². The van der Waals surface area contributed by atoms with Crippen molar-refractivity contribution in [3.8, 4) is 5.75 Å². The molecule has 2 aliphatic rings. The van der Waals surface area contributed by atoms with Gasteiger partial charge in [0.15, 0.2) is 11.2 Å². The van der Waals surface area contributed by atoms with E-state index in [9.17, 15) is 19.8 Å². The Kier molecular flexibility index (Phi) is 5.00. The van der Waals surface area contributed by atoms with E-state index in [0.717, 1.165) is 24.8 Å². The van der Waals surface area contributed by atoms with Crippen LogP contribution in [0.1, 0.15) is 93.3 Å². The quantitative estimate of drug-likeness (QED) is 0.766. The molecule has 2 N–H and O–H groups in total. The number of hydrogen-bond donors (Lipinski definition) is 2. The molecule has 1 aromatic rings. The van der Waals surface area contributed by atoms with Gasteiger partial charge in [-0.2, -0.15) is 0 Å². The van der Waals surface area contributed by atoms with E-state index in [0.29, 0.717) is 24.0 Å². The van der Waals surface area contributed by atoms with Crippen molar-refractivity contribution in [2.24, 2.45) is 11.3 Å². The molecular formula is C23H32O4. The lowest BCUT2D eigenvalue weighted by Crippen LogP contribution is -2.50. The first-order valence-electron chi connectivity index (χ1n) is 10.1. The molecule has 2 atom stereocenters. The third kappa shape index (κ3) is 3.33. The fourth-order valence-electron chi connectivity index (χ4n) is 5.48. The number of aromatic hydroxyl groups is 1. The van der Waals surface area contributed by atoms with Gasteiger partial charge >= 0.3 is 0 Å². The largest absolute Gasteiger partial charge is 0.507 e. The van der Waals surface area contributed by atoms with Crippen molar-refractivity contribution in [1.82, 2.24) is 0 Å². The summed E-state index contributed by atoms with van der Waals surface area (Å²) in [6, 6.07) is 1.90. The highest BCUT2D eigenvalue weighted by molar-refractivity contribution is 5.97. The number of aliphatic hydroxyl groups is 1. The Hall–Kier alpha value is -1.68. The third-order valence-corrected chi connectivity index (χ3v) is 6.91. The molecule has 4 nitrogen and oxygen atoms in total. The van der Waals surface area contributed by atoms with Gasteiger partial charge in [0.1, 0.15) is 11.3 Å². The summed E-state index contributed by atoms with van der Waals surface area (Å²) < 4.78 is 0. The molecule has 0 radical (unpaired) electrons. The van der Waals surface area contributed by atoms with Crippen molar-refractivity contribution >= 4 is 5.78 Å². The molecule has 2 unspecified atom stereocenters. The van der Waals surface area contributed by atoms with Gasteiger partial charge in [-0.15, -0.1) is 0 Å². The summed E-state index contributed by atoms with van der Waals surface area (Å²) in [5, 5.41) is 22.2. The van der Waals surface area contributed by atoms with E-state index in [4.69, 9.17) is 0 Å². The molecule has 1 aromatic carbocycles. The SMILES string of the molecule is CC(=O)c1c(O)c(C(C)C)cc2c(c1=O)CC1(O)CCCC(C)(C)C1CC2. The van der Waals surface area contributed by atoms with Crippen molar-refractivity contribution in [3.05, 3.63) is 38.5 Å². The highest BCUT2D eigenvalue weighted by Gasteiger charge is 2.49. The Labute approximate surface area is 161 Å². The van der Waals surface area contributed by atoms with Gasteiger partial charge in [-0.05, 0) is 61.0 Å². The van der Waals surface area contributed by atoms with Crippen LogP contribution in [0.15, 0.2) is 10.9 Å². The zero-order chi connectivity index (χ0) is 20.1. The zero-order valence-corrected chi connectivity index (χ0v) is 17.2. The first-order valence-corrected chi connectivity index (χ1v) is 10.1. The van der Waals surface area contributed by atoms with Crippen LogP contribution in [0.25, 0.3) is 0 Å². The lowest BCUT2D eigenvalue weighted by molar-refractivity contribution is -0.102. The summed E-state index contributed by atoms with van der Waals surface area (Å²) in [7, 11) is 0. The van der Waals surface area contributed by atoms with Crippen LogP contribution in [0.3, 0.4) is 0 Å². The van der Waals surface area contributed by atoms with Crippen LogP contribution in [0.5, 0.6) is 5.75 Å². The molecule has 148 valence electrons. The van der Waals surface area contributed by atoms with Gasteiger partial charge < -0.3 is 10.2 Å². The van der Waals surface area contributed by atoms with Crippen molar-refractivity contribution < 1.29 is 15.0 Å². The Balaban J connectivity index is 2.28. The normalized spacial score (nSPS) is 26.9. The van der Waals surface area contributed by atoms with Crippen LogP contribution in [-0.4, -0.2) is 21.6 Å². The van der Waals surface area contributed by atoms with E-state index in [2.05, 4.69) is 13.8 Å². The third-order valence-electron chi connectivity index (χ3n) is 6.91. The molecular weight excluding hydrogens is 340 g/mol. The predicted octanol–water partition coefficient (Wildman–Crippen LogP) is 4.12. The summed E-state index contributed by atoms with van der Waals surface area (Å²) in [5.41, 5.74) is 0.593. The summed E-state index contributed by atoms with van der Waals surface area (Å²) in [5.74, 6) is -0.505. The zero-order valence-electron chi connectivity index (χ0n) is 17.2. The molecule has 27 heavy (non-hydrogen) atoms. The van der Waals surface area contributed by atoms with Crippen LogP contribution in [0.2, 0.25) is 0 Å². The van der Waals surface area contributed by atoms with E-state index in [1.807, 2.05) is 19.9 Å². The molecule has 0 aliphatic heterocycles. The fourth-order valence-corrected chi connectivity index (χ4v) is 5.48. The summed E-state index contributed by atoms with van der Waals surface area (Å²) in [4.78, 5) is 25.5. The minimum absolute atomic E-state index is 0.0101. The van der Waals surface area contributed by atoms with Crippen LogP contribution >= 0.6 is 0 Å². The number of carbonyl (C=O) groups is 1. The van der Waals surface area contributed by atoms with E-state index in [-0.39, 0.29) is 35.0 Å². The highest BCUT2D eigenvalue weighted by Crippen LogP contribution is 2.51. The molecule has 2 aliphatic carbocycles. The first kappa shape index (κ1) is 20.1. The Morgan fingerprint density at radius 1 is 1.26 bits per heavy atom. The average Bonchev–Trinajstić information content (AvgIpc) is 2.74. The molecule has 0 heterocycles. The van der Waals surface area contributed by atoms with Crippen molar-refractivity contribution in [2.45, 2.75) is 84.7 Å². The number of fused-ring (bicyclic) bond motifs is 2. The van der Waals surface area contributed by atoms with Crippen LogP contribution < -0.4 is 5.43 Å². The Morgan fingerprint density at radius 2 is 1.93 bits per heavy atom. The van der Waals surface area contributed by atoms with Gasteiger partial charge in [0.05, 0.1) is 5.60 Å². The highest BCUT2D eigenvalue weighted by atomic mass is 16.3. The maximum atomic E-state index is 13.3. The monoisotopic (exact) mass is 372 g/mol. The summed E-state index contributed by atoms with van der Waals surface area (Å²) >= 11 is 0. The number of carbonyl (C=O) groups excluding carboxylic acids is 1. The van der Waals surface area contributed by atoms with Crippen LogP contribution in [-0.2, 0) is 12.8 Å². The van der Waals surface area contributed by atoms with E-state index in [1.165, 1.54) is 6.92 Å². The number of hydrogen-bond acceptors (Lipinski definition) is 4. The molecule has 1 saturated carbocycles. The van der Waals surface area contributed by atoms with Gasteiger partial charge in [0.2, 0.25) is 0 Å². The van der Waals surface area contributed by atoms with Crippen molar-refractivity contribution in [2.75, 3.05) is 0 Å². The van der Waals surface area contributed by atoms with Gasteiger partial charge in [0.25, 0.3) is 0 Å². The van der Waals surface area contributed by atoms with Crippen LogP contribution in [0.4, 0.5) is 0 Å². The second-order valence-corrected chi connectivity index (χ2v) is 9.58. The van der Waals surface area contributed by atoms with Gasteiger partial charge in [-0.25, -0.2) is 0 Å². The predicted molar refractivity (Wildman–Crippen MR) is 107 cm³/mol. The Bertz CT molecular complexity index is 837. The maximum absolute atomic E-state index is 13.3. The molecule has 0 spiro atoms. The van der Waals surface area contributed by atoms with Gasteiger partial charge in [-0.1, -0.05) is 40.2 Å². The Morgan fingerprint density at radius 3 is 2.52 bits per heavy atom. The van der Waals surface area contributed by atoms with Crippen molar-refractivity contribution in [3.63, 3.8) is 0 Å². The molecule has 0 bridgehead atoms. The number of aryl methyl sites for hydroxylation is 1. The maximum Gasteiger partial charge on any atom is 0.196 e. The lowest BCUT2D eigenvalue weighted by atomic mass is 9.59. The van der Waals surface area contributed by atoms with Gasteiger partial charge in [-0.3, -0.25) is 9.59 Å². The molecule has 0 amide bonds. The minimum Gasteiger partial charge on any atom is -0.507 e. The number of rotatable bonds is 2. The number of Topliss-reactive ketones (excluding diaryl/α,β-unsaturated/α-hetero) is 1. The molecule has 1 fully saturated rings. The molecule has 0 saturated heterocycles. The standard InChI is InChI=1S/C23H32O4/c1-13(2)16-11-15-7-8-18-22(4,5)9-6-10-23(18,27)12-17(15)21(26)19(14(3)24)20(16)25/h11,13,18,25,27H,6-10,12H2,1-5H3. The summed E-state index contributed by atoms with van der Waals surface area (Å²) in [6.07, 6.45) is 4.45. The lowest BCUT2D eigenvalue weighted by Gasteiger charge is -2.49. The van der Waals surface area contributed by atoms with Crippen molar-refractivity contribution in [1.29, 1.82) is 0 Å². The van der Waals surface area contributed by atoms with E-state index < -0.39 is 16.8 Å². The second-order valence-electron chi connectivity index (χ2n) is 9.58. The molecule has 0 aromatic heterocycles. The van der Waals surface area contributed by atoms with Gasteiger partial charge in [0, 0.05) is 12.0 Å². The molecule has 4 heteroatoms. The average molecular weight is 373 g/mol. The first-order chi connectivity index (χ1) is 12.5. The fraction of sp³-hybridized carbons (Fsp3) is 0.652. The number of ketones is 1. The molecule has 3 rings (SSSR count). The summed E-state index contributed by atoms with van der Waals surface area (Å²) in [6.45, 7) is 9.64. The van der Waals surface area contributed by atoms with E-state index >= 15 is 0 Å². The van der Waals surface area contributed by atoms with Crippen LogP contribution in [0, 0.1) is 11.3 Å². The minimum atomic E-state index is -0.928.